The highest BCUT2D eigenvalue weighted by molar-refractivity contribution is 7.86. The van der Waals surface area contributed by atoms with E-state index in [4.69, 9.17) is 32.8 Å². The Kier molecular flexibility index (Phi) is 22.2. The third-order valence-electron chi connectivity index (χ3n) is 7.81. The van der Waals surface area contributed by atoms with Crippen LogP contribution < -0.4 is 10.6 Å². The molecule has 3 N–H and O–H groups in total. The molecule has 2 heterocycles. The lowest BCUT2D eigenvalue weighted by Crippen LogP contribution is -2.33. The Morgan fingerprint density at radius 2 is 1.16 bits per heavy atom. The highest BCUT2D eigenvalue weighted by Gasteiger charge is 2.18. The minimum absolute atomic E-state index is 0.205. The number of carbonyl (C=O) groups excluding carboxylic acids is 6. The molecule has 0 saturated heterocycles. The van der Waals surface area contributed by atoms with E-state index < -0.39 is 21.3 Å². The van der Waals surface area contributed by atoms with E-state index in [0.717, 1.165) is 23.9 Å². The van der Waals surface area contributed by atoms with E-state index in [1.165, 1.54) is 27.4 Å². The van der Waals surface area contributed by atoms with Gasteiger partial charge in [0.1, 0.15) is 11.2 Å². The standard InChI is InChI=1S/C18H26N2O2.C15H20N2O2.C10H14O3S.2CO2/c1-13(2)20-12-14(15-8-6-7-9-16(15)20)10-11-19-17(21)22-18(3,4)5;1-15(2,3)19-14(18)16-9-8-11-10-17-13-7-5-4-6-12(11)13;1-8(2)13-14(11,12)10-6-4-9(3)5-7-10;2*2-1-3/h6-9,12-13H,10-11H2,1-5H3,(H,19,21);4-7,10,17H,8-9H2,1-3H3,(H,16,18);4-8H,1-3H3;;. The van der Waals surface area contributed by atoms with Gasteiger partial charge in [0.25, 0.3) is 10.1 Å². The average Bonchev–Trinajstić information content (AvgIpc) is 3.73. The number of para-hydroxylation sites is 2. The van der Waals surface area contributed by atoms with E-state index in [9.17, 15) is 18.0 Å². The van der Waals surface area contributed by atoms with Gasteiger partial charge in [0.15, 0.2) is 0 Å². The van der Waals surface area contributed by atoms with Gasteiger partial charge in [-0.1, -0.05) is 54.1 Å². The molecule has 5 rings (SSSR count). The molecule has 2 aromatic heterocycles. The molecular weight excluding hydrogens is 805 g/mol. The van der Waals surface area contributed by atoms with Gasteiger partial charge in [-0.15, -0.1) is 0 Å². The molecule has 0 fully saturated rings. The number of amides is 2. The van der Waals surface area contributed by atoms with Gasteiger partial charge in [0.05, 0.1) is 11.0 Å². The lowest BCUT2D eigenvalue weighted by atomic mass is 10.1. The highest BCUT2D eigenvalue weighted by Crippen LogP contribution is 2.25. The van der Waals surface area contributed by atoms with Crippen LogP contribution in [0.3, 0.4) is 0 Å². The number of aryl methyl sites for hydroxylation is 1. The molecule has 332 valence electrons. The highest BCUT2D eigenvalue weighted by atomic mass is 32.2. The first-order valence-electron chi connectivity index (χ1n) is 19.5. The molecule has 0 atom stereocenters. The Morgan fingerprint density at radius 3 is 1.64 bits per heavy atom. The topological polar surface area (TPSA) is 209 Å². The van der Waals surface area contributed by atoms with Crippen molar-refractivity contribution >= 4 is 56.4 Å². The van der Waals surface area contributed by atoms with Gasteiger partial charge in [-0.3, -0.25) is 4.18 Å². The number of hydrogen-bond acceptors (Lipinski definition) is 11. The van der Waals surface area contributed by atoms with E-state index >= 15 is 0 Å². The van der Waals surface area contributed by atoms with Crippen molar-refractivity contribution in [2.24, 2.45) is 0 Å². The van der Waals surface area contributed by atoms with Crippen LogP contribution in [0.4, 0.5) is 9.59 Å². The summed E-state index contributed by atoms with van der Waals surface area (Å²) in [4.78, 5) is 59.1. The number of fused-ring (bicyclic) bond motifs is 2. The Morgan fingerprint density at radius 1 is 0.705 bits per heavy atom. The Bertz CT molecular complexity index is 2270. The average molecular weight is 865 g/mol. The van der Waals surface area contributed by atoms with Crippen LogP contribution in [0.25, 0.3) is 21.8 Å². The van der Waals surface area contributed by atoms with E-state index in [2.05, 4.69) is 70.6 Å². The van der Waals surface area contributed by atoms with Crippen LogP contribution in [-0.2, 0) is 55.8 Å². The summed E-state index contributed by atoms with van der Waals surface area (Å²) >= 11 is 0. The molecule has 0 radical (unpaired) electrons. The smallest absolute Gasteiger partial charge is 0.407 e. The van der Waals surface area contributed by atoms with E-state index in [1.807, 2.05) is 72.9 Å². The zero-order chi connectivity index (χ0) is 46.4. The van der Waals surface area contributed by atoms with Crippen molar-refractivity contribution in [3.63, 3.8) is 0 Å². The van der Waals surface area contributed by atoms with Crippen LogP contribution in [0.15, 0.2) is 90.1 Å². The first-order valence-corrected chi connectivity index (χ1v) is 20.9. The Balaban J connectivity index is 0.000000437. The van der Waals surface area contributed by atoms with Crippen LogP contribution in [0.1, 0.15) is 92.0 Å². The second kappa shape index (κ2) is 25.5. The zero-order valence-corrected chi connectivity index (χ0v) is 37.7. The minimum atomic E-state index is -3.58. The van der Waals surface area contributed by atoms with Crippen LogP contribution >= 0.6 is 0 Å². The number of alkyl carbamates (subject to hydrolysis) is 2. The summed E-state index contributed by atoms with van der Waals surface area (Å²) in [5, 5.41) is 8.04. The molecule has 0 aliphatic heterocycles. The van der Waals surface area contributed by atoms with Crippen LogP contribution in [-0.4, -0.2) is 72.9 Å². The van der Waals surface area contributed by atoms with E-state index in [1.54, 1.807) is 38.1 Å². The molecule has 0 saturated carbocycles. The van der Waals surface area contributed by atoms with Crippen molar-refractivity contribution in [2.45, 2.75) is 117 Å². The normalized spacial score (nSPS) is 10.9. The number of H-pyrrole nitrogens is 1. The molecule has 5 aromatic rings. The maximum Gasteiger partial charge on any atom is 0.407 e. The number of ether oxygens (including phenoxy) is 2. The van der Waals surface area contributed by atoms with Gasteiger partial charge in [0.2, 0.25) is 0 Å². The summed E-state index contributed by atoms with van der Waals surface area (Å²) < 4.78 is 40.6. The van der Waals surface area contributed by atoms with Crippen molar-refractivity contribution < 1.29 is 50.8 Å². The van der Waals surface area contributed by atoms with Crippen molar-refractivity contribution in [3.8, 4) is 0 Å². The molecular formula is C45H60N4O11S. The first-order chi connectivity index (χ1) is 28.5. The van der Waals surface area contributed by atoms with Gasteiger partial charge < -0.3 is 29.7 Å². The predicted octanol–water partition coefficient (Wildman–Crippen LogP) is 8.47. The fourth-order valence-corrected chi connectivity index (χ4v) is 6.57. The summed E-state index contributed by atoms with van der Waals surface area (Å²) in [7, 11) is -3.58. The monoisotopic (exact) mass is 864 g/mol. The fraction of sp³-hybridized carbons (Fsp3) is 0.422. The van der Waals surface area contributed by atoms with Crippen molar-refractivity contribution in [2.75, 3.05) is 13.1 Å². The predicted molar refractivity (Wildman–Crippen MR) is 231 cm³/mol. The SMILES string of the molecule is CC(C)(C)OC(=O)NCCc1c[nH]c2ccccc12.CC(C)n1cc(CCNC(=O)OC(C)(C)C)c2ccccc21.Cc1ccc(S(=O)(=O)OC(C)C)cc1.O=C=O.O=C=O. The molecule has 0 spiro atoms. The molecule has 2 amide bonds. The first kappa shape index (κ1) is 53.0. The van der Waals surface area contributed by atoms with Gasteiger partial charge >= 0.3 is 24.5 Å². The second-order valence-corrected chi connectivity index (χ2v) is 17.5. The van der Waals surface area contributed by atoms with Gasteiger partial charge in [-0.05, 0) is 124 Å². The Labute approximate surface area is 358 Å². The largest absolute Gasteiger partial charge is 0.444 e. The van der Waals surface area contributed by atoms with Crippen LogP contribution in [0.2, 0.25) is 0 Å². The number of rotatable bonds is 10. The number of hydrogen-bond donors (Lipinski definition) is 3. The van der Waals surface area contributed by atoms with Crippen molar-refractivity contribution in [1.82, 2.24) is 20.2 Å². The van der Waals surface area contributed by atoms with E-state index in [-0.39, 0.29) is 35.5 Å². The maximum absolute atomic E-state index is 11.7. The lowest BCUT2D eigenvalue weighted by Gasteiger charge is -2.19. The molecule has 61 heavy (non-hydrogen) atoms. The molecule has 0 unspecified atom stereocenters. The Hall–Kier alpha value is -6.05. The lowest BCUT2D eigenvalue weighted by molar-refractivity contribution is -0.193. The number of nitrogens with zero attached hydrogens (tertiary/aromatic N) is 1. The zero-order valence-electron chi connectivity index (χ0n) is 36.9. The summed E-state index contributed by atoms with van der Waals surface area (Å²) in [6.45, 7) is 21.9. The summed E-state index contributed by atoms with van der Waals surface area (Å²) in [6.07, 6.45) is 5.18. The second-order valence-electron chi connectivity index (χ2n) is 16.0. The molecule has 16 heteroatoms. The number of carbonyl (C=O) groups is 2. The minimum Gasteiger partial charge on any atom is -0.444 e. The molecule has 15 nitrogen and oxygen atoms in total. The van der Waals surface area contributed by atoms with Crippen molar-refractivity contribution in [1.29, 1.82) is 0 Å². The fourth-order valence-electron chi connectivity index (χ4n) is 5.48. The van der Waals surface area contributed by atoms with Crippen LogP contribution in [0, 0.1) is 6.92 Å². The number of aromatic nitrogens is 2. The molecule has 0 bridgehead atoms. The third-order valence-corrected chi connectivity index (χ3v) is 9.30. The maximum atomic E-state index is 11.7. The molecule has 3 aromatic carbocycles. The van der Waals surface area contributed by atoms with Gasteiger partial charge in [-0.2, -0.15) is 27.6 Å². The van der Waals surface area contributed by atoms with Crippen molar-refractivity contribution in [3.05, 3.63) is 102 Å². The van der Waals surface area contributed by atoms with Gasteiger partial charge in [0, 0.05) is 53.3 Å². The summed E-state index contributed by atoms with van der Waals surface area (Å²) in [5.41, 5.74) is 4.92. The number of nitrogens with one attached hydrogen (secondary N) is 3. The number of benzene rings is 3. The molecule has 0 aliphatic carbocycles. The number of aromatic amines is 1. The quantitative estimate of drug-likeness (QED) is 0.113. The third kappa shape index (κ3) is 20.7. The summed E-state index contributed by atoms with van der Waals surface area (Å²) in [5.74, 6) is 0. The summed E-state index contributed by atoms with van der Waals surface area (Å²) in [6, 6.07) is 23.5. The van der Waals surface area contributed by atoms with Crippen LogP contribution in [0.5, 0.6) is 0 Å². The van der Waals surface area contributed by atoms with E-state index in [0.29, 0.717) is 19.1 Å². The molecule has 0 aliphatic rings. The van der Waals surface area contributed by atoms with Gasteiger partial charge in [-0.25, -0.2) is 9.59 Å².